The van der Waals surface area contributed by atoms with Crippen LogP contribution in [0.5, 0.6) is 0 Å². The number of hydrogen-bond donors (Lipinski definition) is 1. The van der Waals surface area contributed by atoms with E-state index in [1.165, 1.54) is 68.8 Å². The van der Waals surface area contributed by atoms with Gasteiger partial charge < -0.3 is 5.11 Å². The van der Waals surface area contributed by atoms with Crippen LogP contribution in [0.25, 0.3) is 42.6 Å². The maximum Gasteiger partial charge on any atom is 0.162 e. The number of aliphatic hydroxyl groups is 1. The summed E-state index contributed by atoms with van der Waals surface area (Å²) < 4.78 is 1.30. The first-order valence-electron chi connectivity index (χ1n) is 22.8. The third kappa shape index (κ3) is 12.0. The van der Waals surface area contributed by atoms with E-state index >= 15 is 0 Å². The molecule has 333 valence electrons. The Hall–Kier alpha value is -2.89. The molecule has 0 atom stereocenters. The molecule has 6 heteroatoms. The van der Waals surface area contributed by atoms with E-state index in [1.54, 1.807) is 5.19 Å². The van der Waals surface area contributed by atoms with Crippen LogP contribution >= 0.6 is 11.3 Å². The third-order valence-electron chi connectivity index (χ3n) is 13.0. The zero-order valence-electron chi connectivity index (χ0n) is 40.3. The molecule has 0 amide bonds. The van der Waals surface area contributed by atoms with Crippen molar-refractivity contribution in [1.29, 1.82) is 0 Å². The molecule has 0 unspecified atom stereocenters. The van der Waals surface area contributed by atoms with Crippen molar-refractivity contribution >= 4 is 51.2 Å². The summed E-state index contributed by atoms with van der Waals surface area (Å²) in [5.41, 5.74) is 6.92. The molecule has 3 aromatic carbocycles. The largest absolute Gasteiger partial charge is 0.512 e. The molecule has 0 spiro atoms. The number of ketones is 1. The number of rotatable bonds is 11. The van der Waals surface area contributed by atoms with E-state index in [9.17, 15) is 9.90 Å². The van der Waals surface area contributed by atoms with Crippen LogP contribution in [0, 0.1) is 47.0 Å². The van der Waals surface area contributed by atoms with E-state index < -0.39 is 8.07 Å². The molecule has 3 nitrogen and oxygen atoms in total. The Morgan fingerprint density at radius 1 is 0.836 bits per heavy atom. The maximum absolute atomic E-state index is 12.3. The van der Waals surface area contributed by atoms with Gasteiger partial charge in [-0.15, -0.1) is 40.5 Å². The van der Waals surface area contributed by atoms with Gasteiger partial charge in [-0.3, -0.25) is 9.78 Å². The molecule has 0 saturated heterocycles. The maximum atomic E-state index is 12.3. The quantitative estimate of drug-likeness (QED) is 0.0621. The van der Waals surface area contributed by atoms with Gasteiger partial charge in [-0.1, -0.05) is 163 Å². The molecule has 1 fully saturated rings. The van der Waals surface area contributed by atoms with Crippen LogP contribution < -0.4 is 5.19 Å². The van der Waals surface area contributed by atoms with Gasteiger partial charge in [0, 0.05) is 59.5 Å². The number of hydrogen-bond acceptors (Lipinski definition) is 4. The molecule has 2 aromatic heterocycles. The summed E-state index contributed by atoms with van der Waals surface area (Å²) in [5.74, 6) is 2.33. The number of thiophene rings is 1. The molecule has 61 heavy (non-hydrogen) atoms. The second-order valence-corrected chi connectivity index (χ2v) is 28.1. The molecule has 0 aliphatic heterocycles. The van der Waals surface area contributed by atoms with E-state index in [2.05, 4.69) is 176 Å². The first-order chi connectivity index (χ1) is 27.9. The van der Waals surface area contributed by atoms with Gasteiger partial charge >= 0.3 is 0 Å². The smallest absolute Gasteiger partial charge is 0.162 e. The Kier molecular flexibility index (Phi) is 16.9. The van der Waals surface area contributed by atoms with E-state index in [0.29, 0.717) is 35.0 Å². The Morgan fingerprint density at radius 2 is 1.39 bits per heavy atom. The number of carbonyl (C=O) groups is 1. The standard InChI is InChI=1S/C38H44NSSi.C17H32O2.Ir/c1-37(2,3)32-24-29(23-28-11-9-10-12-30(28)32)33-35-31(19-22-39-33)36(41(6,7)8)34(40-35)27-15-13-25(14-16-27)26-17-20-38(4,5)21-18-26;1-10(2)16(11(3)4)14(18)9-15(19)17(12(5)6)13(7)8;/h9-16,19,22,24,26H,17-18,20-21H2,1-8H3;9-13,16-18H,1-8H3;/q-1;;/b;14-9-;. The molecule has 6 rings (SSSR count). The van der Waals surface area contributed by atoms with Gasteiger partial charge in [0.1, 0.15) is 0 Å². The van der Waals surface area contributed by atoms with Crippen LogP contribution in [-0.4, -0.2) is 23.9 Å². The average Bonchev–Trinajstić information content (AvgIpc) is 3.55. The molecule has 1 aliphatic carbocycles. The normalized spacial score (nSPS) is 15.3. The fraction of sp³-hybridized carbons (Fsp3) is 0.527. The number of aromatic nitrogens is 1. The van der Waals surface area contributed by atoms with E-state index in [1.807, 2.05) is 17.5 Å². The monoisotopic (exact) mass is 1040 g/mol. The zero-order valence-corrected chi connectivity index (χ0v) is 44.6. The molecule has 2 heterocycles. The summed E-state index contributed by atoms with van der Waals surface area (Å²) in [6.07, 6.45) is 8.77. The van der Waals surface area contributed by atoms with E-state index in [-0.39, 0.29) is 48.9 Å². The third-order valence-corrected chi connectivity index (χ3v) is 16.5. The Balaban J connectivity index is 0.000000349. The molecule has 1 N–H and O–H groups in total. The van der Waals surface area contributed by atoms with Crippen molar-refractivity contribution in [2.45, 2.75) is 147 Å². The van der Waals surface area contributed by atoms with Gasteiger partial charge in [0.05, 0.1) is 13.8 Å². The van der Waals surface area contributed by atoms with Crippen LogP contribution in [-0.2, 0) is 30.3 Å². The van der Waals surface area contributed by atoms with Crippen LogP contribution in [0.3, 0.4) is 0 Å². The van der Waals surface area contributed by atoms with Crippen LogP contribution in [0.4, 0.5) is 0 Å². The molecular weight excluding hydrogens is 959 g/mol. The minimum absolute atomic E-state index is 0. The van der Waals surface area contributed by atoms with Crippen LogP contribution in [0.1, 0.15) is 133 Å². The first kappa shape index (κ1) is 50.7. The van der Waals surface area contributed by atoms with Gasteiger partial charge in [0.15, 0.2) is 5.78 Å². The van der Waals surface area contributed by atoms with Crippen molar-refractivity contribution in [3.63, 3.8) is 0 Å². The Bertz CT molecular complexity index is 2260. The van der Waals surface area contributed by atoms with Crippen LogP contribution in [0.15, 0.2) is 78.7 Å². The fourth-order valence-electron chi connectivity index (χ4n) is 10.00. The van der Waals surface area contributed by atoms with Gasteiger partial charge in [-0.2, -0.15) is 0 Å². The van der Waals surface area contributed by atoms with Crippen molar-refractivity contribution in [2.75, 3.05) is 0 Å². The molecule has 1 saturated carbocycles. The van der Waals surface area contributed by atoms with Gasteiger partial charge in [-0.05, 0) is 93.9 Å². The summed E-state index contributed by atoms with van der Waals surface area (Å²) in [5, 5.41) is 15.7. The number of aliphatic hydroxyl groups excluding tert-OH is 1. The second-order valence-electron chi connectivity index (χ2n) is 22.0. The molecule has 1 aliphatic rings. The number of benzene rings is 3. The number of nitrogens with zero attached hydrogens (tertiary/aromatic N) is 1. The van der Waals surface area contributed by atoms with Crippen molar-refractivity contribution < 1.29 is 30.0 Å². The minimum atomic E-state index is -1.67. The summed E-state index contributed by atoms with van der Waals surface area (Å²) in [6, 6.07) is 26.7. The van der Waals surface area contributed by atoms with Crippen molar-refractivity contribution in [3.05, 3.63) is 95.9 Å². The van der Waals surface area contributed by atoms with Crippen molar-refractivity contribution in [2.24, 2.45) is 40.9 Å². The Morgan fingerprint density at radius 3 is 1.92 bits per heavy atom. The predicted molar refractivity (Wildman–Crippen MR) is 266 cm³/mol. The molecular formula is C55H76IrNO2SSi-. The van der Waals surface area contributed by atoms with Crippen molar-refractivity contribution in [1.82, 2.24) is 4.98 Å². The van der Waals surface area contributed by atoms with Crippen LogP contribution in [0.2, 0.25) is 19.6 Å². The molecule has 5 aromatic rings. The number of pyridine rings is 1. The Labute approximate surface area is 389 Å². The average molecular weight is 1040 g/mol. The van der Waals surface area contributed by atoms with Gasteiger partial charge in [-0.25, -0.2) is 0 Å². The van der Waals surface area contributed by atoms with E-state index in [4.69, 9.17) is 4.98 Å². The summed E-state index contributed by atoms with van der Waals surface area (Å²) in [6.45, 7) is 35.8. The zero-order chi connectivity index (χ0) is 44.5. The van der Waals surface area contributed by atoms with Gasteiger partial charge in [0.25, 0.3) is 0 Å². The predicted octanol–water partition coefficient (Wildman–Crippen LogP) is 16.0. The number of allylic oxidation sites excluding steroid dienone is 2. The fourth-order valence-corrected chi connectivity index (χ4v) is 14.2. The molecule has 1 radical (unpaired) electrons. The molecule has 0 bridgehead atoms. The number of carbonyl (C=O) groups excluding carboxylic acids is 1. The summed E-state index contributed by atoms with van der Waals surface area (Å²) in [4.78, 5) is 18.8. The minimum Gasteiger partial charge on any atom is -0.512 e. The van der Waals surface area contributed by atoms with E-state index in [0.717, 1.165) is 16.6 Å². The summed E-state index contributed by atoms with van der Waals surface area (Å²) in [7, 11) is -1.67. The second kappa shape index (κ2) is 20.3. The SMILES string of the molecule is CC(C)C(C(=O)/C=C(\O)C(C(C)C)C(C)C)C(C)C.CC1(C)CCC(c2ccc(-c3sc4c(-c5[c-]c6ccccc6c(C(C)(C)C)c5)nccc4c3[Si](C)(C)C)cc2)CC1.[Ir]. The topological polar surface area (TPSA) is 50.2 Å². The summed E-state index contributed by atoms with van der Waals surface area (Å²) >= 11 is 1.94. The van der Waals surface area contributed by atoms with Gasteiger partial charge in [0.2, 0.25) is 0 Å². The van der Waals surface area contributed by atoms with Crippen molar-refractivity contribution in [3.8, 4) is 21.7 Å². The number of fused-ring (bicyclic) bond motifs is 2. The first-order valence-corrected chi connectivity index (χ1v) is 27.2.